The monoisotopic (exact) mass is 400 g/mol. The number of rotatable bonds is 2. The second-order valence-corrected chi connectivity index (χ2v) is 5.63. The van der Waals surface area contributed by atoms with Crippen molar-refractivity contribution in [3.8, 4) is 17.2 Å². The summed E-state index contributed by atoms with van der Waals surface area (Å²) in [6, 6.07) is 5.04. The molecule has 2 N–H and O–H groups in total. The lowest BCUT2D eigenvalue weighted by atomic mass is 9.90. The van der Waals surface area contributed by atoms with E-state index in [9.17, 15) is 15.0 Å². The predicted octanol–water partition coefficient (Wildman–Crippen LogP) is 2.95. The van der Waals surface area contributed by atoms with Gasteiger partial charge in [0, 0.05) is 15.4 Å². The minimum atomic E-state index is -0.432. The van der Waals surface area contributed by atoms with Crippen molar-refractivity contribution in [3.63, 3.8) is 0 Å². The van der Waals surface area contributed by atoms with Crippen LogP contribution in [0.4, 0.5) is 0 Å². The number of ether oxygens (including phenoxy) is 2. The van der Waals surface area contributed by atoms with Crippen molar-refractivity contribution in [3.05, 3.63) is 29.3 Å². The largest absolute Gasteiger partial charge is 0.507 e. The number of hydrogen-bond acceptors (Lipinski definition) is 5. The van der Waals surface area contributed by atoms with Gasteiger partial charge < -0.3 is 19.7 Å². The quantitative estimate of drug-likeness (QED) is 0.461. The molecule has 0 aromatic heterocycles. The summed E-state index contributed by atoms with van der Waals surface area (Å²) in [5, 5.41) is 21.9. The lowest BCUT2D eigenvalue weighted by Crippen LogP contribution is -2.24. The Morgan fingerprint density at radius 3 is 2.81 bits per heavy atom. The molecule has 1 aliphatic heterocycles. The molecule has 1 atom stereocenters. The normalized spacial score (nSPS) is 17.8. The van der Waals surface area contributed by atoms with Crippen molar-refractivity contribution in [2.45, 2.75) is 6.10 Å². The van der Waals surface area contributed by atoms with Crippen molar-refractivity contribution in [1.29, 1.82) is 0 Å². The highest BCUT2D eigenvalue weighted by atomic mass is 127. The molecule has 2 aromatic carbocycles. The van der Waals surface area contributed by atoms with Gasteiger partial charge in [0.05, 0.1) is 24.2 Å². The number of benzene rings is 2. The summed E-state index contributed by atoms with van der Waals surface area (Å²) in [7, 11) is 1.49. The average Bonchev–Trinajstić information content (AvgIpc) is 2.51. The first-order valence-electron chi connectivity index (χ1n) is 6.35. The van der Waals surface area contributed by atoms with E-state index in [0.29, 0.717) is 26.5 Å². The maximum atomic E-state index is 12.1. The molecule has 0 bridgehead atoms. The predicted molar refractivity (Wildman–Crippen MR) is 85.7 cm³/mol. The molecule has 0 radical (unpaired) electrons. The van der Waals surface area contributed by atoms with E-state index in [1.807, 2.05) is 0 Å². The van der Waals surface area contributed by atoms with Gasteiger partial charge in [-0.25, -0.2) is 0 Å². The third-order valence-electron chi connectivity index (χ3n) is 3.66. The fourth-order valence-corrected chi connectivity index (χ4v) is 3.40. The number of ketones is 1. The van der Waals surface area contributed by atoms with E-state index in [1.165, 1.54) is 7.11 Å². The van der Waals surface area contributed by atoms with Crippen molar-refractivity contribution in [2.24, 2.45) is 0 Å². The van der Waals surface area contributed by atoms with E-state index >= 15 is 0 Å². The second kappa shape index (κ2) is 5.34. The average molecular weight is 400 g/mol. The Bertz CT molecular complexity index is 741. The van der Waals surface area contributed by atoms with E-state index in [2.05, 4.69) is 22.6 Å². The van der Waals surface area contributed by atoms with Crippen molar-refractivity contribution < 1.29 is 24.5 Å². The van der Waals surface area contributed by atoms with Crippen LogP contribution < -0.4 is 4.74 Å². The number of Topliss-reactive ketones (excluding diaryl/α,β-unsaturated/α-hetero) is 1. The van der Waals surface area contributed by atoms with Gasteiger partial charge in [-0.2, -0.15) is 0 Å². The Kier molecular flexibility index (Phi) is 3.66. The van der Waals surface area contributed by atoms with E-state index in [0.717, 1.165) is 0 Å². The van der Waals surface area contributed by atoms with E-state index in [1.54, 1.807) is 18.2 Å². The fraction of sp³-hybridized carbons (Fsp3) is 0.267. The van der Waals surface area contributed by atoms with Gasteiger partial charge in [-0.05, 0) is 6.07 Å². The number of phenols is 2. The van der Waals surface area contributed by atoms with Crippen molar-refractivity contribution in [1.82, 2.24) is 0 Å². The molecule has 110 valence electrons. The van der Waals surface area contributed by atoms with Crippen LogP contribution in [-0.4, -0.2) is 34.1 Å². The zero-order valence-electron chi connectivity index (χ0n) is 11.2. The van der Waals surface area contributed by atoms with Crippen LogP contribution in [0.5, 0.6) is 17.2 Å². The first-order valence-corrected chi connectivity index (χ1v) is 7.88. The first-order chi connectivity index (χ1) is 10.1. The minimum Gasteiger partial charge on any atom is -0.507 e. The van der Waals surface area contributed by atoms with Gasteiger partial charge in [0.2, 0.25) is 0 Å². The molecule has 0 spiro atoms. The summed E-state index contributed by atoms with van der Waals surface area (Å²) >= 11 is 2.12. The summed E-state index contributed by atoms with van der Waals surface area (Å²) in [4.78, 5) is 12.1. The number of aromatic hydroxyl groups is 2. The number of hydrogen-bond donors (Lipinski definition) is 2. The van der Waals surface area contributed by atoms with Crippen molar-refractivity contribution >= 4 is 39.1 Å². The van der Waals surface area contributed by atoms with Gasteiger partial charge in [0.1, 0.15) is 23.9 Å². The molecule has 3 rings (SSSR count). The third kappa shape index (κ3) is 2.04. The number of carbonyl (C=O) groups is 1. The fourth-order valence-electron chi connectivity index (χ4n) is 2.71. The van der Waals surface area contributed by atoms with Gasteiger partial charge in [-0.1, -0.05) is 34.7 Å². The molecule has 5 nitrogen and oxygen atoms in total. The molecule has 2 aromatic rings. The molecular formula is C15H13IO5. The van der Waals surface area contributed by atoms with E-state index < -0.39 is 6.10 Å². The third-order valence-corrected chi connectivity index (χ3v) is 4.46. The Balaban J connectivity index is 2.47. The number of methoxy groups -OCH3 is 1. The van der Waals surface area contributed by atoms with Crippen LogP contribution in [-0.2, 0) is 4.74 Å². The standard InChI is InChI=1S/C15H13IO5/c1-20-9-4-2-3-7-11(9)15(19)13-10(5-16)21-6-8(17)12(13)14(7)18/h2-4,10,18-19H,5-6H2,1H3/t10-/m1/s1. The summed E-state index contributed by atoms with van der Waals surface area (Å²) in [6.45, 7) is -0.0941. The SMILES string of the molecule is COc1cccc2c(O)c3c(c(O)c12)[C@@H](CI)OCC3=O. The Labute approximate surface area is 134 Å². The Hall–Kier alpha value is -1.54. The molecule has 0 amide bonds. The highest BCUT2D eigenvalue weighted by molar-refractivity contribution is 14.1. The molecular weight excluding hydrogens is 387 g/mol. The molecule has 21 heavy (non-hydrogen) atoms. The van der Waals surface area contributed by atoms with Gasteiger partial charge in [0.15, 0.2) is 5.78 Å². The number of alkyl halides is 1. The second-order valence-electron chi connectivity index (χ2n) is 4.75. The molecule has 0 fully saturated rings. The summed E-state index contributed by atoms with van der Waals surface area (Å²) < 4.78 is 11.3. The Morgan fingerprint density at radius 1 is 1.38 bits per heavy atom. The van der Waals surface area contributed by atoms with Crippen LogP contribution >= 0.6 is 22.6 Å². The van der Waals surface area contributed by atoms with Gasteiger partial charge in [-0.3, -0.25) is 4.79 Å². The molecule has 1 aliphatic rings. The zero-order chi connectivity index (χ0) is 15.1. The van der Waals surface area contributed by atoms with Crippen LogP contribution in [0, 0.1) is 0 Å². The number of phenolic OH excluding ortho intramolecular Hbond substituents is 2. The molecule has 0 saturated carbocycles. The number of fused-ring (bicyclic) bond motifs is 2. The smallest absolute Gasteiger partial charge is 0.192 e. The highest BCUT2D eigenvalue weighted by Gasteiger charge is 2.34. The Morgan fingerprint density at radius 2 is 2.14 bits per heavy atom. The number of carbonyl (C=O) groups excluding carboxylic acids is 1. The van der Waals surface area contributed by atoms with Gasteiger partial charge in [0.25, 0.3) is 0 Å². The highest BCUT2D eigenvalue weighted by Crippen LogP contribution is 2.48. The lowest BCUT2D eigenvalue weighted by molar-refractivity contribution is 0.0450. The minimum absolute atomic E-state index is 0.0648. The molecule has 0 aliphatic carbocycles. The zero-order valence-corrected chi connectivity index (χ0v) is 13.4. The van der Waals surface area contributed by atoms with Crippen molar-refractivity contribution in [2.75, 3.05) is 18.1 Å². The van der Waals surface area contributed by atoms with E-state index in [-0.39, 0.29) is 29.5 Å². The van der Waals surface area contributed by atoms with Crippen LogP contribution in [0.3, 0.4) is 0 Å². The maximum Gasteiger partial charge on any atom is 0.192 e. The van der Waals surface area contributed by atoms with Crippen LogP contribution in [0.25, 0.3) is 10.8 Å². The molecule has 0 unspecified atom stereocenters. The first kappa shape index (κ1) is 14.4. The summed E-state index contributed by atoms with van der Waals surface area (Å²) in [5.41, 5.74) is 0.497. The van der Waals surface area contributed by atoms with E-state index in [4.69, 9.17) is 9.47 Å². The lowest BCUT2D eigenvalue weighted by Gasteiger charge is -2.26. The molecule has 0 saturated heterocycles. The molecule has 1 heterocycles. The van der Waals surface area contributed by atoms with Gasteiger partial charge >= 0.3 is 0 Å². The van der Waals surface area contributed by atoms with Gasteiger partial charge in [-0.15, -0.1) is 0 Å². The summed E-state index contributed by atoms with van der Waals surface area (Å²) in [6.07, 6.45) is -0.432. The summed E-state index contributed by atoms with van der Waals surface area (Å²) in [5.74, 6) is -0.0817. The van der Waals surface area contributed by atoms with Crippen LogP contribution in [0.2, 0.25) is 0 Å². The van der Waals surface area contributed by atoms with Crippen LogP contribution in [0.15, 0.2) is 18.2 Å². The maximum absolute atomic E-state index is 12.1. The topological polar surface area (TPSA) is 76.0 Å². The number of halogens is 1. The van der Waals surface area contributed by atoms with Crippen LogP contribution in [0.1, 0.15) is 22.0 Å². The molecule has 6 heteroatoms.